The van der Waals surface area contributed by atoms with Crippen LogP contribution in [-0.2, 0) is 14.4 Å². The maximum absolute atomic E-state index is 11.2. The van der Waals surface area contributed by atoms with Crippen molar-refractivity contribution in [2.75, 3.05) is 19.6 Å². The van der Waals surface area contributed by atoms with E-state index in [1.807, 2.05) is 0 Å². The van der Waals surface area contributed by atoms with Gasteiger partial charge in [-0.05, 0) is 38.8 Å². The fourth-order valence-corrected chi connectivity index (χ4v) is 2.50. The Hall–Kier alpha value is -1.71. The predicted octanol–water partition coefficient (Wildman–Crippen LogP) is -1.20. The highest BCUT2D eigenvalue weighted by atomic mass is 16.4. The quantitative estimate of drug-likeness (QED) is 0.335. The molecule has 1 unspecified atom stereocenters. The average molecular weight is 318 g/mol. The number of carboxylic acids is 3. The second-order valence-electron chi connectivity index (χ2n) is 5.31. The maximum Gasteiger partial charge on any atom is 0.332 e. The van der Waals surface area contributed by atoms with Gasteiger partial charge < -0.3 is 25.7 Å². The fraction of sp³-hybridized carbons (Fsp3) is 0.769. The van der Waals surface area contributed by atoms with Crippen LogP contribution in [0.1, 0.15) is 25.7 Å². The molecule has 3 atom stereocenters. The molecule has 0 amide bonds. The molecular weight excluding hydrogens is 296 g/mol. The number of aliphatic hydroxyl groups excluding tert-OH is 1. The minimum absolute atomic E-state index is 0.0484. The van der Waals surface area contributed by atoms with Gasteiger partial charge in [0.1, 0.15) is 12.1 Å². The summed E-state index contributed by atoms with van der Waals surface area (Å²) in [6, 6.07) is -1.47. The summed E-state index contributed by atoms with van der Waals surface area (Å²) in [5.41, 5.74) is 0. The highest BCUT2D eigenvalue weighted by molar-refractivity contribution is 5.74. The highest BCUT2D eigenvalue weighted by Gasteiger charge is 2.31. The predicted molar refractivity (Wildman–Crippen MR) is 74.5 cm³/mol. The minimum Gasteiger partial charge on any atom is -0.480 e. The van der Waals surface area contributed by atoms with E-state index in [1.165, 1.54) is 0 Å². The molecule has 0 bridgehead atoms. The normalized spacial score (nSPS) is 21.4. The first-order valence-corrected chi connectivity index (χ1v) is 7.17. The minimum atomic E-state index is -1.53. The molecule has 1 heterocycles. The summed E-state index contributed by atoms with van der Waals surface area (Å²) >= 11 is 0. The van der Waals surface area contributed by atoms with Gasteiger partial charge in [-0.3, -0.25) is 14.5 Å². The summed E-state index contributed by atoms with van der Waals surface area (Å²) in [6.07, 6.45) is -0.0851. The van der Waals surface area contributed by atoms with E-state index < -0.39 is 36.1 Å². The summed E-state index contributed by atoms with van der Waals surface area (Å²) in [5, 5.41) is 38.5. The molecule has 0 aromatic rings. The van der Waals surface area contributed by atoms with E-state index in [1.54, 1.807) is 4.90 Å². The lowest BCUT2D eigenvalue weighted by atomic mass is 10.1. The number of aliphatic carboxylic acids is 3. The highest BCUT2D eigenvalue weighted by Crippen LogP contribution is 2.17. The molecule has 5 N–H and O–H groups in total. The van der Waals surface area contributed by atoms with E-state index in [2.05, 4.69) is 5.32 Å². The van der Waals surface area contributed by atoms with Gasteiger partial charge in [0.25, 0.3) is 0 Å². The lowest BCUT2D eigenvalue weighted by Crippen LogP contribution is -2.43. The van der Waals surface area contributed by atoms with E-state index >= 15 is 0 Å². The van der Waals surface area contributed by atoms with Gasteiger partial charge >= 0.3 is 17.9 Å². The number of nitrogens with zero attached hydrogens (tertiary/aromatic N) is 1. The van der Waals surface area contributed by atoms with Crippen molar-refractivity contribution < 1.29 is 34.8 Å². The maximum atomic E-state index is 11.2. The third-order valence-electron chi connectivity index (χ3n) is 3.75. The Balaban J connectivity index is 2.39. The monoisotopic (exact) mass is 318 g/mol. The SMILES string of the molecule is O=C(O)C(CCN1CCC[C@H]1C(=O)O)NCC[C@H](O)C(=O)O. The van der Waals surface area contributed by atoms with Crippen LogP contribution in [0.25, 0.3) is 0 Å². The van der Waals surface area contributed by atoms with Gasteiger partial charge in [-0.25, -0.2) is 4.79 Å². The average Bonchev–Trinajstić information content (AvgIpc) is 2.90. The molecule has 1 aliphatic rings. The van der Waals surface area contributed by atoms with Gasteiger partial charge in [0, 0.05) is 6.54 Å². The Kier molecular flexibility index (Phi) is 7.22. The number of carbonyl (C=O) groups is 3. The van der Waals surface area contributed by atoms with Crippen molar-refractivity contribution in [2.45, 2.75) is 43.9 Å². The fourth-order valence-electron chi connectivity index (χ4n) is 2.50. The summed E-state index contributed by atoms with van der Waals surface area (Å²) in [7, 11) is 0. The number of hydrogen-bond donors (Lipinski definition) is 5. The number of nitrogens with one attached hydrogen (secondary N) is 1. The molecule has 0 aliphatic carbocycles. The summed E-state index contributed by atoms with van der Waals surface area (Å²) in [5.74, 6) is -3.34. The Bertz CT molecular complexity index is 415. The molecule has 9 heteroatoms. The number of rotatable bonds is 10. The van der Waals surface area contributed by atoms with Crippen LogP contribution in [0, 0.1) is 0 Å². The van der Waals surface area contributed by atoms with Crippen molar-refractivity contribution in [1.29, 1.82) is 0 Å². The standard InChI is InChI=1S/C13H22N2O7/c16-10(13(21)22)3-5-14-8(11(17)18)4-7-15-6-1-2-9(15)12(19)20/h8-10,14,16H,1-7H2,(H,17,18)(H,19,20)(H,21,22)/t8?,9-,10-/m0/s1. The summed E-state index contributed by atoms with van der Waals surface area (Å²) < 4.78 is 0. The second kappa shape index (κ2) is 8.66. The smallest absolute Gasteiger partial charge is 0.332 e. The van der Waals surface area contributed by atoms with E-state index in [0.29, 0.717) is 19.5 Å². The van der Waals surface area contributed by atoms with E-state index in [0.717, 1.165) is 6.42 Å². The van der Waals surface area contributed by atoms with Gasteiger partial charge in [0.05, 0.1) is 0 Å². The van der Waals surface area contributed by atoms with Crippen molar-refractivity contribution in [1.82, 2.24) is 10.2 Å². The Morgan fingerprint density at radius 1 is 1.14 bits per heavy atom. The van der Waals surface area contributed by atoms with Gasteiger partial charge in [-0.15, -0.1) is 0 Å². The summed E-state index contributed by atoms with van der Waals surface area (Å²) in [4.78, 5) is 34.4. The van der Waals surface area contributed by atoms with E-state index in [9.17, 15) is 14.4 Å². The van der Waals surface area contributed by atoms with Gasteiger partial charge in [0.15, 0.2) is 6.10 Å². The molecule has 9 nitrogen and oxygen atoms in total. The van der Waals surface area contributed by atoms with Crippen LogP contribution in [0.15, 0.2) is 0 Å². The molecule has 22 heavy (non-hydrogen) atoms. The van der Waals surface area contributed by atoms with Crippen LogP contribution in [-0.4, -0.2) is 81.1 Å². The lowest BCUT2D eigenvalue weighted by Gasteiger charge is -2.23. The van der Waals surface area contributed by atoms with Crippen LogP contribution in [0.4, 0.5) is 0 Å². The van der Waals surface area contributed by atoms with E-state index in [-0.39, 0.29) is 19.4 Å². The first kappa shape index (κ1) is 18.3. The molecular formula is C13H22N2O7. The van der Waals surface area contributed by atoms with Gasteiger partial charge in [-0.2, -0.15) is 0 Å². The van der Waals surface area contributed by atoms with Crippen LogP contribution < -0.4 is 5.32 Å². The topological polar surface area (TPSA) is 147 Å². The Morgan fingerprint density at radius 3 is 2.36 bits per heavy atom. The van der Waals surface area contributed by atoms with Crippen molar-refractivity contribution in [3.05, 3.63) is 0 Å². The van der Waals surface area contributed by atoms with Crippen molar-refractivity contribution in [3.8, 4) is 0 Å². The Morgan fingerprint density at radius 2 is 1.82 bits per heavy atom. The van der Waals surface area contributed by atoms with Gasteiger partial charge in [-0.1, -0.05) is 0 Å². The van der Waals surface area contributed by atoms with E-state index in [4.69, 9.17) is 20.4 Å². The zero-order valence-electron chi connectivity index (χ0n) is 12.1. The molecule has 0 saturated carbocycles. The zero-order chi connectivity index (χ0) is 16.7. The molecule has 0 spiro atoms. The van der Waals surface area contributed by atoms with Crippen LogP contribution in [0.5, 0.6) is 0 Å². The molecule has 1 rings (SSSR count). The third kappa shape index (κ3) is 5.58. The largest absolute Gasteiger partial charge is 0.480 e. The molecule has 126 valence electrons. The molecule has 0 aromatic carbocycles. The third-order valence-corrected chi connectivity index (χ3v) is 3.75. The summed E-state index contributed by atoms with van der Waals surface area (Å²) in [6.45, 7) is 1.01. The van der Waals surface area contributed by atoms with Crippen molar-refractivity contribution >= 4 is 17.9 Å². The Labute approximate surface area is 127 Å². The first-order chi connectivity index (χ1) is 10.3. The zero-order valence-corrected chi connectivity index (χ0v) is 12.1. The lowest BCUT2D eigenvalue weighted by molar-refractivity contribution is -0.146. The number of carboxylic acid groups (broad SMARTS) is 3. The number of likely N-dealkylation sites (tertiary alicyclic amines) is 1. The number of hydrogen-bond acceptors (Lipinski definition) is 6. The molecule has 1 fully saturated rings. The van der Waals surface area contributed by atoms with Crippen LogP contribution in [0.2, 0.25) is 0 Å². The molecule has 1 saturated heterocycles. The van der Waals surface area contributed by atoms with Gasteiger partial charge in [0.2, 0.25) is 0 Å². The van der Waals surface area contributed by atoms with Crippen molar-refractivity contribution in [2.24, 2.45) is 0 Å². The van der Waals surface area contributed by atoms with Crippen LogP contribution in [0.3, 0.4) is 0 Å². The number of aliphatic hydroxyl groups is 1. The van der Waals surface area contributed by atoms with Crippen LogP contribution >= 0.6 is 0 Å². The molecule has 0 radical (unpaired) electrons. The second-order valence-corrected chi connectivity index (χ2v) is 5.31. The molecule has 1 aliphatic heterocycles. The first-order valence-electron chi connectivity index (χ1n) is 7.17. The van der Waals surface area contributed by atoms with Crippen molar-refractivity contribution in [3.63, 3.8) is 0 Å². The molecule has 0 aromatic heterocycles.